The maximum Gasteiger partial charge on any atom is 0.324 e. The molecule has 0 spiro atoms. The van der Waals surface area contributed by atoms with Crippen molar-refractivity contribution in [1.82, 2.24) is 4.90 Å². The minimum atomic E-state index is -0.486. The second-order valence-corrected chi connectivity index (χ2v) is 7.58. The average molecular weight is 400 g/mol. The van der Waals surface area contributed by atoms with Gasteiger partial charge < -0.3 is 9.64 Å². The molecular formula is C20H18ClN3O2S. The molecule has 138 valence electrons. The summed E-state index contributed by atoms with van der Waals surface area (Å²) < 4.78 is 5.32. The van der Waals surface area contributed by atoms with Gasteiger partial charge in [-0.1, -0.05) is 53.7 Å². The highest BCUT2D eigenvalue weighted by molar-refractivity contribution is 8.14. The molecule has 0 amide bonds. The smallest absolute Gasteiger partial charge is 0.324 e. The lowest BCUT2D eigenvalue weighted by molar-refractivity contribution is -0.142. The number of carbonyl (C=O) groups is 1. The Morgan fingerprint density at radius 2 is 2.11 bits per heavy atom. The van der Waals surface area contributed by atoms with Gasteiger partial charge in [0.2, 0.25) is 0 Å². The minimum Gasteiger partial charge on any atom is -0.465 e. The Bertz CT molecular complexity index is 930. The van der Waals surface area contributed by atoms with Crippen LogP contribution in [0.3, 0.4) is 0 Å². The van der Waals surface area contributed by atoms with Crippen LogP contribution in [-0.4, -0.2) is 41.6 Å². The van der Waals surface area contributed by atoms with Crippen molar-refractivity contribution in [1.29, 1.82) is 0 Å². The number of rotatable bonds is 4. The van der Waals surface area contributed by atoms with Gasteiger partial charge in [0.05, 0.1) is 18.8 Å². The fourth-order valence-electron chi connectivity index (χ4n) is 3.11. The maximum absolute atomic E-state index is 12.6. The molecule has 0 N–H and O–H groups in total. The number of ether oxygens (including phenoxy) is 1. The van der Waals surface area contributed by atoms with Gasteiger partial charge in [-0.25, -0.2) is 4.99 Å². The van der Waals surface area contributed by atoms with Gasteiger partial charge in [0.1, 0.15) is 11.1 Å². The van der Waals surface area contributed by atoms with Gasteiger partial charge in [0.25, 0.3) is 0 Å². The number of carbonyl (C=O) groups excluding carboxylic acids is 1. The summed E-state index contributed by atoms with van der Waals surface area (Å²) in [5.74, 6) is 0.594. The number of hydrogen-bond donors (Lipinski definition) is 0. The summed E-state index contributed by atoms with van der Waals surface area (Å²) in [4.78, 5) is 24.1. The third kappa shape index (κ3) is 3.59. The first-order chi connectivity index (χ1) is 13.2. The molecule has 0 saturated heterocycles. The summed E-state index contributed by atoms with van der Waals surface area (Å²) in [6.07, 6.45) is 0. The first kappa shape index (κ1) is 18.1. The molecule has 0 fully saturated rings. The van der Waals surface area contributed by atoms with Crippen molar-refractivity contribution in [3.8, 4) is 0 Å². The maximum atomic E-state index is 12.6. The Kier molecular flexibility index (Phi) is 5.18. The monoisotopic (exact) mass is 399 g/mol. The number of aliphatic imine (C=N–C) groups is 2. The van der Waals surface area contributed by atoms with Crippen LogP contribution in [0, 0.1) is 0 Å². The summed E-state index contributed by atoms with van der Waals surface area (Å²) in [6.45, 7) is 3.58. The first-order valence-corrected chi connectivity index (χ1v) is 10.0. The number of amidine groups is 2. The van der Waals surface area contributed by atoms with Gasteiger partial charge in [-0.2, -0.15) is 0 Å². The normalized spacial score (nSPS) is 16.1. The number of benzene rings is 2. The zero-order valence-corrected chi connectivity index (χ0v) is 16.3. The lowest BCUT2D eigenvalue weighted by Gasteiger charge is -2.28. The Morgan fingerprint density at radius 3 is 2.89 bits per heavy atom. The highest BCUT2D eigenvalue weighted by Crippen LogP contribution is 2.38. The fourth-order valence-corrected chi connectivity index (χ4v) is 4.40. The molecule has 5 nitrogen and oxygen atoms in total. The molecule has 2 aromatic rings. The van der Waals surface area contributed by atoms with Gasteiger partial charge in [0, 0.05) is 17.1 Å². The van der Waals surface area contributed by atoms with Crippen LogP contribution in [-0.2, 0) is 9.53 Å². The van der Waals surface area contributed by atoms with E-state index in [-0.39, 0.29) is 5.97 Å². The topological polar surface area (TPSA) is 54.3 Å². The van der Waals surface area contributed by atoms with E-state index < -0.39 is 5.25 Å². The van der Waals surface area contributed by atoms with Crippen LogP contribution in [0.2, 0.25) is 5.02 Å². The minimum absolute atomic E-state index is 0.268. The molecule has 2 heterocycles. The van der Waals surface area contributed by atoms with E-state index in [9.17, 15) is 4.79 Å². The largest absolute Gasteiger partial charge is 0.465 e. The van der Waals surface area contributed by atoms with Gasteiger partial charge in [-0.15, -0.1) is 0 Å². The molecule has 27 heavy (non-hydrogen) atoms. The number of hydrogen-bond acceptors (Lipinski definition) is 6. The first-order valence-electron chi connectivity index (χ1n) is 8.76. The summed E-state index contributed by atoms with van der Waals surface area (Å²) in [7, 11) is 0. The van der Waals surface area contributed by atoms with Gasteiger partial charge in [-0.3, -0.25) is 9.79 Å². The molecule has 2 aliphatic heterocycles. The van der Waals surface area contributed by atoms with Crippen LogP contribution < -0.4 is 0 Å². The molecule has 0 aromatic heterocycles. The van der Waals surface area contributed by atoms with Crippen molar-refractivity contribution >= 4 is 46.0 Å². The molecule has 1 atom stereocenters. The van der Waals surface area contributed by atoms with E-state index in [0.29, 0.717) is 18.2 Å². The Labute approximate surface area is 167 Å². The van der Waals surface area contributed by atoms with Crippen LogP contribution >= 0.6 is 23.4 Å². The molecule has 1 unspecified atom stereocenters. The van der Waals surface area contributed by atoms with Gasteiger partial charge >= 0.3 is 5.97 Å². The second kappa shape index (κ2) is 7.74. The van der Waals surface area contributed by atoms with Crippen molar-refractivity contribution in [2.24, 2.45) is 9.98 Å². The number of fused-ring (bicyclic) bond motifs is 3. The molecule has 0 bridgehead atoms. The predicted octanol–water partition coefficient (Wildman–Crippen LogP) is 4.44. The highest BCUT2D eigenvalue weighted by Gasteiger charge is 2.34. The van der Waals surface area contributed by atoms with Gasteiger partial charge in [0.15, 0.2) is 5.17 Å². The molecule has 0 saturated carbocycles. The van der Waals surface area contributed by atoms with Crippen LogP contribution in [0.4, 0.5) is 5.69 Å². The molecule has 0 radical (unpaired) electrons. The molecule has 7 heteroatoms. The van der Waals surface area contributed by atoms with Crippen molar-refractivity contribution in [3.05, 3.63) is 64.7 Å². The standard InChI is InChI=1S/C20H18ClN3O2S/c1-2-26-19(25)17(13-6-4-3-5-7-13)27-20-23-16-9-8-14(21)12-15(16)18-22-10-11-24(18)20/h3-9,12,17H,2,10-11H2,1H3. The van der Waals surface area contributed by atoms with E-state index in [1.807, 2.05) is 55.5 Å². The quantitative estimate of drug-likeness (QED) is 0.713. The highest BCUT2D eigenvalue weighted by atomic mass is 35.5. The van der Waals surface area contributed by atoms with Crippen LogP contribution in [0.15, 0.2) is 58.5 Å². The van der Waals surface area contributed by atoms with Crippen LogP contribution in [0.1, 0.15) is 23.3 Å². The lowest BCUT2D eigenvalue weighted by atomic mass is 10.1. The van der Waals surface area contributed by atoms with Crippen molar-refractivity contribution in [2.45, 2.75) is 12.2 Å². The summed E-state index contributed by atoms with van der Waals surface area (Å²) in [6, 6.07) is 15.2. The molecular weight excluding hydrogens is 382 g/mol. The number of nitrogens with zero attached hydrogens (tertiary/aromatic N) is 3. The van der Waals surface area contributed by atoms with Crippen molar-refractivity contribution in [2.75, 3.05) is 19.7 Å². The summed E-state index contributed by atoms with van der Waals surface area (Å²) >= 11 is 7.55. The lowest BCUT2D eigenvalue weighted by Crippen LogP contribution is -2.36. The third-order valence-electron chi connectivity index (χ3n) is 4.31. The van der Waals surface area contributed by atoms with Gasteiger partial charge in [-0.05, 0) is 30.7 Å². The Morgan fingerprint density at radius 1 is 1.30 bits per heavy atom. The van der Waals surface area contributed by atoms with E-state index in [1.165, 1.54) is 11.8 Å². The van der Waals surface area contributed by atoms with Crippen LogP contribution in [0.5, 0.6) is 0 Å². The number of esters is 1. The molecule has 2 aromatic carbocycles. The molecule has 4 rings (SSSR count). The predicted molar refractivity (Wildman–Crippen MR) is 110 cm³/mol. The van der Waals surface area contributed by atoms with Crippen LogP contribution in [0.25, 0.3) is 0 Å². The van der Waals surface area contributed by atoms with Crippen molar-refractivity contribution in [3.63, 3.8) is 0 Å². The molecule has 2 aliphatic rings. The zero-order chi connectivity index (χ0) is 18.8. The second-order valence-electron chi connectivity index (χ2n) is 6.07. The number of halogens is 1. The number of thioether (sulfide) groups is 1. The summed E-state index contributed by atoms with van der Waals surface area (Å²) in [5, 5.41) is 0.923. The summed E-state index contributed by atoms with van der Waals surface area (Å²) in [5.41, 5.74) is 2.63. The average Bonchev–Trinajstić information content (AvgIpc) is 3.17. The third-order valence-corrected chi connectivity index (χ3v) is 5.77. The zero-order valence-electron chi connectivity index (χ0n) is 14.8. The Balaban J connectivity index is 1.71. The van der Waals surface area contributed by atoms with Crippen molar-refractivity contribution < 1.29 is 9.53 Å². The SMILES string of the molecule is CCOC(=O)C(SC1=Nc2ccc(Cl)cc2C2=NCCN12)c1ccccc1. The van der Waals surface area contributed by atoms with E-state index in [0.717, 1.165) is 34.4 Å². The van der Waals surface area contributed by atoms with E-state index in [4.69, 9.17) is 21.3 Å². The van der Waals surface area contributed by atoms with E-state index >= 15 is 0 Å². The van der Waals surface area contributed by atoms with E-state index in [1.54, 1.807) is 0 Å². The fraction of sp³-hybridized carbons (Fsp3) is 0.250. The van der Waals surface area contributed by atoms with E-state index in [2.05, 4.69) is 9.89 Å². The Hall–Kier alpha value is -2.31. The molecule has 0 aliphatic carbocycles.